The van der Waals surface area contributed by atoms with Gasteiger partial charge in [-0.2, -0.15) is 0 Å². The van der Waals surface area contributed by atoms with Crippen molar-refractivity contribution in [1.82, 2.24) is 9.88 Å². The van der Waals surface area contributed by atoms with E-state index in [-0.39, 0.29) is 23.8 Å². The number of aromatic nitrogens is 1. The van der Waals surface area contributed by atoms with Crippen molar-refractivity contribution in [3.63, 3.8) is 0 Å². The van der Waals surface area contributed by atoms with Gasteiger partial charge in [0.25, 0.3) is 0 Å². The Morgan fingerprint density at radius 2 is 2.33 bits per heavy atom. The third-order valence-corrected chi connectivity index (χ3v) is 4.44. The Morgan fingerprint density at radius 3 is 3.05 bits per heavy atom. The van der Waals surface area contributed by atoms with Crippen molar-refractivity contribution in [2.24, 2.45) is 0 Å². The molecule has 0 aliphatic carbocycles. The van der Waals surface area contributed by atoms with Gasteiger partial charge < -0.3 is 9.64 Å². The number of carbonyl (C=O) groups excluding carboxylic acids is 2. The minimum atomic E-state index is -0.345. The lowest BCUT2D eigenvalue weighted by molar-refractivity contribution is -0.148. The highest BCUT2D eigenvalue weighted by Crippen LogP contribution is 2.37. The zero-order valence-electron chi connectivity index (χ0n) is 12.2. The Hall–Kier alpha value is -1.56. The SMILES string of the molecule is CCCCCOC(=O)CN1C(=O)CSC1c1ccccn1. The van der Waals surface area contributed by atoms with Gasteiger partial charge in [-0.25, -0.2) is 0 Å². The van der Waals surface area contributed by atoms with E-state index in [1.807, 2.05) is 18.2 Å². The van der Waals surface area contributed by atoms with Gasteiger partial charge >= 0.3 is 5.97 Å². The number of nitrogens with zero attached hydrogens (tertiary/aromatic N) is 2. The molecule has 1 aliphatic heterocycles. The van der Waals surface area contributed by atoms with E-state index >= 15 is 0 Å². The van der Waals surface area contributed by atoms with Gasteiger partial charge in [-0.15, -0.1) is 11.8 Å². The van der Waals surface area contributed by atoms with Crippen LogP contribution in [0.15, 0.2) is 24.4 Å². The van der Waals surface area contributed by atoms with Crippen molar-refractivity contribution in [3.05, 3.63) is 30.1 Å². The van der Waals surface area contributed by atoms with Crippen molar-refractivity contribution < 1.29 is 14.3 Å². The molecule has 2 rings (SSSR count). The molecule has 21 heavy (non-hydrogen) atoms. The van der Waals surface area contributed by atoms with Crippen LogP contribution >= 0.6 is 11.8 Å². The lowest BCUT2D eigenvalue weighted by Crippen LogP contribution is -2.34. The van der Waals surface area contributed by atoms with Gasteiger partial charge in [0.05, 0.1) is 18.1 Å². The Balaban J connectivity index is 1.90. The zero-order chi connectivity index (χ0) is 15.1. The van der Waals surface area contributed by atoms with Crippen LogP contribution in [0, 0.1) is 0 Å². The first kappa shape index (κ1) is 15.8. The van der Waals surface area contributed by atoms with Crippen molar-refractivity contribution in [1.29, 1.82) is 0 Å². The van der Waals surface area contributed by atoms with Gasteiger partial charge in [-0.05, 0) is 18.6 Å². The van der Waals surface area contributed by atoms with Crippen LogP contribution in [0.25, 0.3) is 0 Å². The van der Waals surface area contributed by atoms with E-state index in [4.69, 9.17) is 4.74 Å². The first-order valence-corrected chi connectivity index (χ1v) is 8.25. The zero-order valence-corrected chi connectivity index (χ0v) is 13.0. The molecule has 0 N–H and O–H groups in total. The third-order valence-electron chi connectivity index (χ3n) is 3.22. The van der Waals surface area contributed by atoms with Crippen LogP contribution in [0.2, 0.25) is 0 Å². The molecule has 1 amide bonds. The summed E-state index contributed by atoms with van der Waals surface area (Å²) < 4.78 is 5.18. The summed E-state index contributed by atoms with van der Waals surface area (Å²) in [5.41, 5.74) is 0.798. The van der Waals surface area contributed by atoms with Crippen LogP contribution in [0.1, 0.15) is 37.3 Å². The van der Waals surface area contributed by atoms with Crippen LogP contribution in [0.3, 0.4) is 0 Å². The second-order valence-electron chi connectivity index (χ2n) is 4.87. The van der Waals surface area contributed by atoms with Crippen molar-refractivity contribution in [3.8, 4) is 0 Å². The number of pyridine rings is 1. The number of esters is 1. The predicted octanol–water partition coefficient (Wildman–Crippen LogP) is 2.39. The van der Waals surface area contributed by atoms with E-state index in [0.29, 0.717) is 12.4 Å². The van der Waals surface area contributed by atoms with E-state index in [2.05, 4.69) is 11.9 Å². The standard InChI is InChI=1S/C15H20N2O3S/c1-2-3-6-9-20-14(19)10-17-13(18)11-21-15(17)12-7-4-5-8-16-12/h4-5,7-8,15H,2-3,6,9-11H2,1H3. The molecule has 0 saturated carbocycles. The molecule has 114 valence electrons. The smallest absolute Gasteiger partial charge is 0.325 e. The molecular formula is C15H20N2O3S. The fourth-order valence-electron chi connectivity index (χ4n) is 2.11. The number of hydrogen-bond acceptors (Lipinski definition) is 5. The molecule has 0 spiro atoms. The number of carbonyl (C=O) groups is 2. The maximum atomic E-state index is 11.9. The first-order chi connectivity index (χ1) is 10.2. The molecule has 1 aromatic rings. The molecule has 6 heteroatoms. The summed E-state index contributed by atoms with van der Waals surface area (Å²) in [7, 11) is 0. The molecule has 0 bridgehead atoms. The van der Waals surface area contributed by atoms with E-state index < -0.39 is 0 Å². The molecule has 5 nitrogen and oxygen atoms in total. The third kappa shape index (κ3) is 4.46. The van der Waals surface area contributed by atoms with Crippen LogP contribution in [-0.2, 0) is 14.3 Å². The molecule has 1 atom stereocenters. The van der Waals surface area contributed by atoms with Gasteiger partial charge in [-0.1, -0.05) is 25.8 Å². The molecule has 0 radical (unpaired) electrons. The summed E-state index contributed by atoms with van der Waals surface area (Å²) in [6.07, 6.45) is 4.69. The second kappa shape index (κ2) is 8.02. The molecular weight excluding hydrogens is 288 g/mol. The van der Waals surface area contributed by atoms with Crippen LogP contribution in [0.4, 0.5) is 0 Å². The maximum Gasteiger partial charge on any atom is 0.325 e. The molecule has 1 fully saturated rings. The van der Waals surface area contributed by atoms with E-state index in [1.165, 1.54) is 11.8 Å². The molecule has 1 saturated heterocycles. The van der Waals surface area contributed by atoms with Crippen molar-refractivity contribution in [2.75, 3.05) is 18.9 Å². The Bertz CT molecular complexity index is 481. The highest BCUT2D eigenvalue weighted by molar-refractivity contribution is 8.00. The van der Waals surface area contributed by atoms with Gasteiger partial charge in [-0.3, -0.25) is 14.6 Å². The molecule has 1 aromatic heterocycles. The van der Waals surface area contributed by atoms with Gasteiger partial charge in [0.2, 0.25) is 5.91 Å². The average Bonchev–Trinajstić information content (AvgIpc) is 2.86. The maximum absolute atomic E-state index is 11.9. The fourth-order valence-corrected chi connectivity index (χ4v) is 3.26. The predicted molar refractivity (Wildman–Crippen MR) is 81.6 cm³/mol. The number of rotatable bonds is 7. The number of ether oxygens (including phenoxy) is 1. The summed E-state index contributed by atoms with van der Waals surface area (Å²) in [5.74, 6) is -0.00582. The quantitative estimate of drug-likeness (QED) is 0.572. The van der Waals surface area contributed by atoms with Crippen molar-refractivity contribution >= 4 is 23.6 Å². The normalized spacial score (nSPS) is 18.0. The highest BCUT2D eigenvalue weighted by atomic mass is 32.2. The molecule has 1 unspecified atom stereocenters. The summed E-state index contributed by atoms with van der Waals surface area (Å²) in [4.78, 5) is 29.6. The van der Waals surface area contributed by atoms with Crippen LogP contribution in [-0.4, -0.2) is 40.7 Å². The first-order valence-electron chi connectivity index (χ1n) is 7.20. The van der Waals surface area contributed by atoms with E-state index in [0.717, 1.165) is 25.0 Å². The summed E-state index contributed by atoms with van der Waals surface area (Å²) in [6, 6.07) is 5.58. The Kier molecular flexibility index (Phi) is 6.04. The minimum Gasteiger partial charge on any atom is -0.464 e. The minimum absolute atomic E-state index is 0.000794. The second-order valence-corrected chi connectivity index (χ2v) is 5.94. The Morgan fingerprint density at radius 1 is 1.48 bits per heavy atom. The number of thioether (sulfide) groups is 1. The summed E-state index contributed by atoms with van der Waals surface area (Å²) in [5, 5.41) is -0.193. The van der Waals surface area contributed by atoms with E-state index in [1.54, 1.807) is 11.1 Å². The topological polar surface area (TPSA) is 59.5 Å². The summed E-state index contributed by atoms with van der Waals surface area (Å²) >= 11 is 1.49. The number of unbranched alkanes of at least 4 members (excludes halogenated alkanes) is 2. The highest BCUT2D eigenvalue weighted by Gasteiger charge is 2.35. The van der Waals surface area contributed by atoms with Gasteiger partial charge in [0, 0.05) is 6.20 Å². The monoisotopic (exact) mass is 308 g/mol. The lowest BCUT2D eigenvalue weighted by atomic mass is 10.3. The van der Waals surface area contributed by atoms with E-state index in [9.17, 15) is 9.59 Å². The summed E-state index contributed by atoms with van der Waals surface area (Å²) in [6.45, 7) is 2.52. The number of amides is 1. The molecule has 1 aliphatic rings. The van der Waals surface area contributed by atoms with Gasteiger partial charge in [0.15, 0.2) is 0 Å². The number of hydrogen-bond donors (Lipinski definition) is 0. The molecule has 2 heterocycles. The van der Waals surface area contributed by atoms with Crippen LogP contribution < -0.4 is 0 Å². The van der Waals surface area contributed by atoms with Crippen LogP contribution in [0.5, 0.6) is 0 Å². The van der Waals surface area contributed by atoms with Gasteiger partial charge in [0.1, 0.15) is 11.9 Å². The lowest BCUT2D eigenvalue weighted by Gasteiger charge is -2.22. The largest absolute Gasteiger partial charge is 0.464 e. The Labute approximate surface area is 129 Å². The molecule has 0 aromatic carbocycles. The van der Waals surface area contributed by atoms with Crippen molar-refractivity contribution in [2.45, 2.75) is 31.6 Å². The average molecular weight is 308 g/mol. The fraction of sp³-hybridized carbons (Fsp3) is 0.533.